The summed E-state index contributed by atoms with van der Waals surface area (Å²) in [5, 5.41) is 5.28. The molecule has 2 rings (SSSR count). The van der Waals surface area contributed by atoms with Crippen LogP contribution in [0.1, 0.15) is 29.3 Å². The lowest BCUT2D eigenvalue weighted by molar-refractivity contribution is -0.117. The summed E-state index contributed by atoms with van der Waals surface area (Å²) < 4.78 is 25.6. The fourth-order valence-corrected chi connectivity index (χ4v) is 3.36. The van der Waals surface area contributed by atoms with Crippen LogP contribution in [-0.4, -0.2) is 32.7 Å². The van der Waals surface area contributed by atoms with Gasteiger partial charge in [-0.05, 0) is 43.3 Å². The predicted molar refractivity (Wildman–Crippen MR) is 104 cm³/mol. The number of hydrogen-bond acceptors (Lipinski definition) is 5. The van der Waals surface area contributed by atoms with Gasteiger partial charge in [0.1, 0.15) is 0 Å². The molecule has 3 N–H and O–H groups in total. The molecule has 3 amide bonds. The molecule has 8 nitrogen and oxygen atoms in total. The van der Waals surface area contributed by atoms with Crippen LogP contribution in [-0.2, 0) is 19.6 Å². The highest BCUT2D eigenvalue weighted by atomic mass is 32.2. The molecule has 0 bridgehead atoms. The van der Waals surface area contributed by atoms with Gasteiger partial charge in [-0.3, -0.25) is 14.4 Å². The Balaban J connectivity index is 1.84. The van der Waals surface area contributed by atoms with Crippen LogP contribution >= 0.6 is 0 Å². The van der Waals surface area contributed by atoms with Crippen molar-refractivity contribution < 1.29 is 22.8 Å². The molecule has 0 aliphatic heterocycles. The lowest BCUT2D eigenvalue weighted by Gasteiger charge is -2.08. The molecule has 0 aromatic heterocycles. The van der Waals surface area contributed by atoms with Crippen molar-refractivity contribution in [2.24, 2.45) is 0 Å². The molecule has 0 aliphatic carbocycles. The Hall–Kier alpha value is -3.20. The maximum absolute atomic E-state index is 12.0. The molecule has 2 aromatic carbocycles. The van der Waals surface area contributed by atoms with E-state index in [1.807, 2.05) is 17.7 Å². The van der Waals surface area contributed by atoms with Gasteiger partial charge in [-0.2, -0.15) is 0 Å². The molecule has 2 aromatic rings. The first-order valence-corrected chi connectivity index (χ1v) is 9.94. The monoisotopic (exact) mass is 403 g/mol. The van der Waals surface area contributed by atoms with E-state index in [0.717, 1.165) is 12.5 Å². The zero-order valence-electron chi connectivity index (χ0n) is 15.5. The second kappa shape index (κ2) is 9.14. The number of amides is 3. The van der Waals surface area contributed by atoms with Crippen LogP contribution in [0.25, 0.3) is 0 Å². The first-order chi connectivity index (χ1) is 13.2. The third kappa shape index (κ3) is 6.20. The molecule has 0 radical (unpaired) electrons. The minimum Gasteiger partial charge on any atom is -0.352 e. The van der Waals surface area contributed by atoms with Crippen molar-refractivity contribution in [2.45, 2.75) is 25.2 Å². The number of rotatable bonds is 7. The molecule has 0 fully saturated rings. The summed E-state index contributed by atoms with van der Waals surface area (Å²) >= 11 is 0. The molecule has 0 heterocycles. The maximum atomic E-state index is 12.0. The normalized spacial score (nSPS) is 10.8. The van der Waals surface area contributed by atoms with Crippen molar-refractivity contribution in [1.82, 2.24) is 10.0 Å². The molecule has 0 aliphatic rings. The van der Waals surface area contributed by atoms with Gasteiger partial charge in [-0.1, -0.05) is 17.7 Å². The molecule has 0 atom stereocenters. The Morgan fingerprint density at radius 3 is 2.29 bits per heavy atom. The van der Waals surface area contributed by atoms with Crippen molar-refractivity contribution in [3.63, 3.8) is 0 Å². The molecule has 0 unspecified atom stereocenters. The summed E-state index contributed by atoms with van der Waals surface area (Å²) in [6, 6.07) is 12.5. The number of carbonyl (C=O) groups excluding carboxylic acids is 3. The van der Waals surface area contributed by atoms with Crippen LogP contribution in [0.5, 0.6) is 0 Å². The van der Waals surface area contributed by atoms with Gasteiger partial charge in [0.15, 0.2) is 0 Å². The second-order valence-corrected chi connectivity index (χ2v) is 7.79. The SMILES string of the molecule is CC(=O)NS(=O)(=O)c1ccc(NC(=O)CCNC(=O)c2cccc(C)c2)cc1. The minimum atomic E-state index is -3.92. The molecule has 28 heavy (non-hydrogen) atoms. The summed E-state index contributed by atoms with van der Waals surface area (Å²) in [5.74, 6) is -1.28. The Morgan fingerprint density at radius 1 is 1.00 bits per heavy atom. The van der Waals surface area contributed by atoms with Crippen molar-refractivity contribution >= 4 is 33.4 Å². The first-order valence-electron chi connectivity index (χ1n) is 8.45. The van der Waals surface area contributed by atoms with E-state index in [1.54, 1.807) is 18.2 Å². The van der Waals surface area contributed by atoms with Gasteiger partial charge in [-0.25, -0.2) is 13.1 Å². The lowest BCUT2D eigenvalue weighted by atomic mass is 10.1. The first kappa shape index (κ1) is 21.1. The summed E-state index contributed by atoms with van der Waals surface area (Å²) in [7, 11) is -3.92. The highest BCUT2D eigenvalue weighted by molar-refractivity contribution is 7.90. The van der Waals surface area contributed by atoms with Gasteiger partial charge in [0.05, 0.1) is 4.90 Å². The largest absolute Gasteiger partial charge is 0.352 e. The fraction of sp³-hybridized carbons (Fsp3) is 0.211. The van der Waals surface area contributed by atoms with E-state index >= 15 is 0 Å². The minimum absolute atomic E-state index is 0.0590. The lowest BCUT2D eigenvalue weighted by Crippen LogP contribution is -2.28. The van der Waals surface area contributed by atoms with Crippen molar-refractivity contribution in [2.75, 3.05) is 11.9 Å². The smallest absolute Gasteiger partial charge is 0.264 e. The second-order valence-electron chi connectivity index (χ2n) is 6.11. The molecule has 0 saturated carbocycles. The Labute approximate surface area is 163 Å². The van der Waals surface area contributed by atoms with Crippen LogP contribution in [0.2, 0.25) is 0 Å². The number of hydrogen-bond donors (Lipinski definition) is 3. The predicted octanol–water partition coefficient (Wildman–Crippen LogP) is 1.58. The van der Waals surface area contributed by atoms with Gasteiger partial charge in [0.2, 0.25) is 11.8 Å². The van der Waals surface area contributed by atoms with E-state index in [-0.39, 0.29) is 29.7 Å². The highest BCUT2D eigenvalue weighted by Crippen LogP contribution is 2.14. The number of carbonyl (C=O) groups is 3. The van der Waals surface area contributed by atoms with E-state index in [4.69, 9.17) is 0 Å². The summed E-state index contributed by atoms with van der Waals surface area (Å²) in [4.78, 5) is 34.8. The standard InChI is InChI=1S/C19H21N3O5S/c1-13-4-3-5-15(12-13)19(25)20-11-10-18(24)21-16-6-8-17(9-7-16)28(26,27)22-14(2)23/h3-9,12H,10-11H2,1-2H3,(H,20,25)(H,21,24)(H,22,23). The van der Waals surface area contributed by atoms with Gasteiger partial charge < -0.3 is 10.6 Å². The molecular weight excluding hydrogens is 382 g/mol. The van der Waals surface area contributed by atoms with Crippen LogP contribution < -0.4 is 15.4 Å². The van der Waals surface area contributed by atoms with E-state index in [0.29, 0.717) is 11.3 Å². The molecule has 148 valence electrons. The van der Waals surface area contributed by atoms with Crippen molar-refractivity contribution in [3.05, 3.63) is 59.7 Å². The van der Waals surface area contributed by atoms with Crippen molar-refractivity contribution in [1.29, 1.82) is 0 Å². The van der Waals surface area contributed by atoms with E-state index < -0.39 is 15.9 Å². The maximum Gasteiger partial charge on any atom is 0.264 e. The zero-order valence-corrected chi connectivity index (χ0v) is 16.3. The third-order valence-corrected chi connectivity index (χ3v) is 5.09. The Bertz CT molecular complexity index is 985. The van der Waals surface area contributed by atoms with Gasteiger partial charge >= 0.3 is 0 Å². The number of anilines is 1. The molecular formula is C19H21N3O5S. The third-order valence-electron chi connectivity index (χ3n) is 3.64. The Kier molecular flexibility index (Phi) is 6.89. The van der Waals surface area contributed by atoms with Gasteiger partial charge in [0.25, 0.3) is 15.9 Å². The molecule has 0 saturated heterocycles. The van der Waals surface area contributed by atoms with Crippen LogP contribution in [0.15, 0.2) is 53.4 Å². The van der Waals surface area contributed by atoms with Gasteiger partial charge in [-0.15, -0.1) is 0 Å². The Morgan fingerprint density at radius 2 is 1.68 bits per heavy atom. The fourth-order valence-electron chi connectivity index (χ4n) is 2.37. The summed E-state index contributed by atoms with van der Waals surface area (Å²) in [6.07, 6.45) is 0.0590. The van der Waals surface area contributed by atoms with E-state index in [9.17, 15) is 22.8 Å². The average molecular weight is 403 g/mol. The number of benzene rings is 2. The van der Waals surface area contributed by atoms with Crippen LogP contribution in [0, 0.1) is 6.92 Å². The van der Waals surface area contributed by atoms with Crippen LogP contribution in [0.4, 0.5) is 5.69 Å². The zero-order chi connectivity index (χ0) is 20.7. The van der Waals surface area contributed by atoms with E-state index in [2.05, 4.69) is 10.6 Å². The summed E-state index contributed by atoms with van der Waals surface area (Å²) in [5.41, 5.74) is 1.89. The highest BCUT2D eigenvalue weighted by Gasteiger charge is 2.15. The number of nitrogens with one attached hydrogen (secondary N) is 3. The van der Waals surface area contributed by atoms with Crippen LogP contribution in [0.3, 0.4) is 0 Å². The summed E-state index contributed by atoms with van der Waals surface area (Å²) in [6.45, 7) is 3.15. The molecule has 9 heteroatoms. The average Bonchev–Trinajstić information content (AvgIpc) is 2.61. The number of sulfonamides is 1. The topological polar surface area (TPSA) is 121 Å². The van der Waals surface area contributed by atoms with E-state index in [1.165, 1.54) is 24.3 Å². The van der Waals surface area contributed by atoms with Gasteiger partial charge in [0, 0.05) is 31.1 Å². The molecule has 0 spiro atoms. The number of aryl methyl sites for hydroxylation is 1. The van der Waals surface area contributed by atoms with Crippen molar-refractivity contribution in [3.8, 4) is 0 Å². The quantitative estimate of drug-likeness (QED) is 0.648.